The molecule has 0 unspecified atom stereocenters. The minimum absolute atomic E-state index is 0.000873. The first-order chi connectivity index (χ1) is 16.6. The number of hydrogen-bond donors (Lipinski definition) is 1. The van der Waals surface area contributed by atoms with Crippen molar-refractivity contribution in [2.45, 2.75) is 31.2 Å². The van der Waals surface area contributed by atoms with Crippen LogP contribution in [0, 0.1) is 5.92 Å². The molecule has 1 amide bonds. The van der Waals surface area contributed by atoms with Crippen molar-refractivity contribution >= 4 is 23.4 Å². The molecule has 0 spiro atoms. The Morgan fingerprint density at radius 2 is 1.91 bits per heavy atom. The van der Waals surface area contributed by atoms with Gasteiger partial charge in [0.2, 0.25) is 17.6 Å². The first-order valence-electron chi connectivity index (χ1n) is 11.4. The van der Waals surface area contributed by atoms with Crippen LogP contribution in [0.5, 0.6) is 11.5 Å². The highest BCUT2D eigenvalue weighted by Crippen LogP contribution is 2.31. The van der Waals surface area contributed by atoms with Gasteiger partial charge in [-0.15, -0.1) is 11.8 Å². The summed E-state index contributed by atoms with van der Waals surface area (Å²) in [6, 6.07) is 13.5. The quantitative estimate of drug-likeness (QED) is 0.439. The van der Waals surface area contributed by atoms with Gasteiger partial charge in [0.1, 0.15) is 0 Å². The second-order valence-corrected chi connectivity index (χ2v) is 9.36. The molecular weight excluding hydrogens is 452 g/mol. The molecule has 0 atom stereocenters. The third kappa shape index (κ3) is 5.71. The molecule has 180 valence electrons. The molecule has 8 nitrogen and oxygen atoms in total. The number of nitrogens with zero attached hydrogens (tertiary/aromatic N) is 3. The number of benzene rings is 2. The van der Waals surface area contributed by atoms with Gasteiger partial charge in [-0.05, 0) is 62.0 Å². The summed E-state index contributed by atoms with van der Waals surface area (Å²) >= 11 is 1.74. The van der Waals surface area contributed by atoms with Crippen molar-refractivity contribution in [2.24, 2.45) is 5.92 Å². The van der Waals surface area contributed by atoms with Gasteiger partial charge in [0.15, 0.2) is 11.5 Å². The average Bonchev–Trinajstić information content (AvgIpc) is 3.33. The van der Waals surface area contributed by atoms with E-state index in [4.69, 9.17) is 14.0 Å². The second kappa shape index (κ2) is 11.4. The molecule has 1 aliphatic rings. The number of thioether (sulfide) groups is 1. The Kier molecular flexibility index (Phi) is 8.08. The molecule has 1 N–H and O–H groups in total. The fraction of sp³-hybridized carbons (Fsp3) is 0.400. The van der Waals surface area contributed by atoms with E-state index >= 15 is 0 Å². The Bertz CT molecular complexity index is 1110. The third-order valence-electron chi connectivity index (χ3n) is 5.87. The normalized spacial score (nSPS) is 14.7. The molecule has 1 saturated heterocycles. The van der Waals surface area contributed by atoms with Crippen LogP contribution in [-0.4, -0.2) is 54.0 Å². The molecule has 2 heterocycles. The smallest absolute Gasteiger partial charge is 0.241 e. The summed E-state index contributed by atoms with van der Waals surface area (Å²) in [6.45, 7) is 4.28. The maximum absolute atomic E-state index is 12.8. The van der Waals surface area contributed by atoms with E-state index in [1.807, 2.05) is 42.5 Å². The topological polar surface area (TPSA) is 89.7 Å². The van der Waals surface area contributed by atoms with Crippen LogP contribution >= 0.6 is 11.8 Å². The summed E-state index contributed by atoms with van der Waals surface area (Å²) in [6.07, 6.45) is 1.59. The van der Waals surface area contributed by atoms with Gasteiger partial charge in [0.05, 0.1) is 26.5 Å². The molecule has 34 heavy (non-hydrogen) atoms. The number of para-hydroxylation sites is 1. The lowest BCUT2D eigenvalue weighted by atomic mass is 9.96. The number of piperidine rings is 1. The van der Waals surface area contributed by atoms with E-state index in [2.05, 4.69) is 27.3 Å². The van der Waals surface area contributed by atoms with Crippen LogP contribution in [0.4, 0.5) is 5.69 Å². The van der Waals surface area contributed by atoms with Crippen LogP contribution in [0.25, 0.3) is 11.4 Å². The van der Waals surface area contributed by atoms with Crippen LogP contribution in [0.3, 0.4) is 0 Å². The average molecular weight is 483 g/mol. The Labute approximate surface area is 204 Å². The predicted molar refractivity (Wildman–Crippen MR) is 132 cm³/mol. The molecule has 4 rings (SSSR count). The maximum atomic E-state index is 12.8. The number of likely N-dealkylation sites (tertiary alicyclic amines) is 1. The van der Waals surface area contributed by atoms with Crippen molar-refractivity contribution in [3.8, 4) is 22.9 Å². The number of nitrogens with one attached hydrogen (secondary N) is 1. The van der Waals surface area contributed by atoms with Crippen LogP contribution in [0.15, 0.2) is 51.9 Å². The summed E-state index contributed by atoms with van der Waals surface area (Å²) in [5, 5.41) is 7.25. The Hall–Kier alpha value is -3.04. The van der Waals surface area contributed by atoms with Crippen molar-refractivity contribution < 1.29 is 18.8 Å². The Balaban J connectivity index is 1.31. The SMILES string of the molecule is CCSc1ccccc1NC(=O)C1CCN(Cc2nc(-c3ccc(OC)c(OC)c3)no2)CC1. The summed E-state index contributed by atoms with van der Waals surface area (Å²) in [5.74, 6) is 3.39. The van der Waals surface area contributed by atoms with E-state index in [-0.39, 0.29) is 11.8 Å². The first kappa shape index (κ1) is 24.1. The number of carbonyl (C=O) groups is 1. The van der Waals surface area contributed by atoms with Crippen LogP contribution in [0.2, 0.25) is 0 Å². The van der Waals surface area contributed by atoms with Gasteiger partial charge in [0, 0.05) is 16.4 Å². The summed E-state index contributed by atoms with van der Waals surface area (Å²) in [5.41, 5.74) is 1.69. The van der Waals surface area contributed by atoms with E-state index in [0.717, 1.165) is 47.8 Å². The number of aromatic nitrogens is 2. The fourth-order valence-electron chi connectivity index (χ4n) is 4.04. The maximum Gasteiger partial charge on any atom is 0.241 e. The predicted octanol–water partition coefficient (Wildman–Crippen LogP) is 4.72. The van der Waals surface area contributed by atoms with Crippen molar-refractivity contribution in [3.63, 3.8) is 0 Å². The molecule has 3 aromatic rings. The number of methoxy groups -OCH3 is 2. The van der Waals surface area contributed by atoms with Gasteiger partial charge in [-0.3, -0.25) is 9.69 Å². The molecule has 0 bridgehead atoms. The highest BCUT2D eigenvalue weighted by atomic mass is 32.2. The number of carbonyl (C=O) groups excluding carboxylic acids is 1. The fourth-order valence-corrected chi connectivity index (χ4v) is 4.80. The molecule has 0 aliphatic carbocycles. The second-order valence-electron chi connectivity index (χ2n) is 8.05. The number of rotatable bonds is 9. The highest BCUT2D eigenvalue weighted by Gasteiger charge is 2.26. The van der Waals surface area contributed by atoms with Gasteiger partial charge >= 0.3 is 0 Å². The molecule has 9 heteroatoms. The largest absolute Gasteiger partial charge is 0.493 e. The third-order valence-corrected chi connectivity index (χ3v) is 6.83. The lowest BCUT2D eigenvalue weighted by molar-refractivity contribution is -0.121. The molecular formula is C25H30N4O4S. The molecule has 0 radical (unpaired) electrons. The molecule has 1 aromatic heterocycles. The summed E-state index contributed by atoms with van der Waals surface area (Å²) in [4.78, 5) is 20.7. The standard InChI is InChI=1S/C25H30N4O4S/c1-4-34-22-8-6-5-7-19(22)26-25(30)17-11-13-29(14-12-17)16-23-27-24(28-33-23)18-9-10-20(31-2)21(15-18)32-3/h5-10,15,17H,4,11-14,16H2,1-3H3,(H,26,30). The number of amides is 1. The lowest BCUT2D eigenvalue weighted by Gasteiger charge is -2.30. The summed E-state index contributed by atoms with van der Waals surface area (Å²) < 4.78 is 16.1. The molecule has 1 fully saturated rings. The molecule has 2 aromatic carbocycles. The highest BCUT2D eigenvalue weighted by molar-refractivity contribution is 7.99. The lowest BCUT2D eigenvalue weighted by Crippen LogP contribution is -2.37. The number of hydrogen-bond acceptors (Lipinski definition) is 8. The monoisotopic (exact) mass is 482 g/mol. The van der Waals surface area contributed by atoms with Gasteiger partial charge in [-0.1, -0.05) is 24.2 Å². The van der Waals surface area contributed by atoms with E-state index in [1.54, 1.807) is 26.0 Å². The van der Waals surface area contributed by atoms with Crippen LogP contribution in [-0.2, 0) is 11.3 Å². The zero-order chi connectivity index (χ0) is 23.9. The van der Waals surface area contributed by atoms with Crippen molar-refractivity contribution in [3.05, 3.63) is 48.4 Å². The zero-order valence-corrected chi connectivity index (χ0v) is 20.6. The Morgan fingerprint density at radius 3 is 2.65 bits per heavy atom. The minimum atomic E-state index is 0.000873. The zero-order valence-electron chi connectivity index (χ0n) is 19.7. The van der Waals surface area contributed by atoms with E-state index in [0.29, 0.717) is 29.8 Å². The Morgan fingerprint density at radius 1 is 1.15 bits per heavy atom. The first-order valence-corrected chi connectivity index (χ1v) is 12.4. The number of ether oxygens (including phenoxy) is 2. The van der Waals surface area contributed by atoms with E-state index in [9.17, 15) is 4.79 Å². The van der Waals surface area contributed by atoms with Crippen LogP contribution in [0.1, 0.15) is 25.7 Å². The van der Waals surface area contributed by atoms with Gasteiger partial charge in [-0.2, -0.15) is 4.98 Å². The van der Waals surface area contributed by atoms with Crippen molar-refractivity contribution in [2.75, 3.05) is 38.4 Å². The van der Waals surface area contributed by atoms with Crippen molar-refractivity contribution in [1.29, 1.82) is 0 Å². The van der Waals surface area contributed by atoms with E-state index < -0.39 is 0 Å². The number of anilines is 1. The van der Waals surface area contributed by atoms with Gasteiger partial charge in [0.25, 0.3) is 0 Å². The van der Waals surface area contributed by atoms with Crippen molar-refractivity contribution in [1.82, 2.24) is 15.0 Å². The van der Waals surface area contributed by atoms with Gasteiger partial charge in [-0.25, -0.2) is 0 Å². The molecule has 1 aliphatic heterocycles. The minimum Gasteiger partial charge on any atom is -0.493 e. The van der Waals surface area contributed by atoms with Gasteiger partial charge < -0.3 is 19.3 Å². The van der Waals surface area contributed by atoms with Crippen LogP contribution < -0.4 is 14.8 Å². The van der Waals surface area contributed by atoms with E-state index in [1.165, 1.54) is 0 Å². The molecule has 0 saturated carbocycles. The summed E-state index contributed by atoms with van der Waals surface area (Å²) in [7, 11) is 3.19.